The standard InChI is InChI=1S/C21H37N3O/c1-3-5-7-9-18-24(19-10-8-6-4-2)21(25)23-15-11-12-20-13-16-22-17-14-20/h13-14,16-17H,3-12,15,18-19H2,1-2H3,(H,23,25). The Labute approximate surface area is 154 Å². The number of unbranched alkanes of at least 4 members (excludes halogenated alkanes) is 6. The minimum atomic E-state index is 0.114. The summed E-state index contributed by atoms with van der Waals surface area (Å²) in [4.78, 5) is 18.5. The topological polar surface area (TPSA) is 45.2 Å². The molecule has 0 spiro atoms. The van der Waals surface area contributed by atoms with E-state index >= 15 is 0 Å². The highest BCUT2D eigenvalue weighted by Gasteiger charge is 2.12. The van der Waals surface area contributed by atoms with Crippen LogP contribution in [0.15, 0.2) is 24.5 Å². The van der Waals surface area contributed by atoms with E-state index in [-0.39, 0.29) is 6.03 Å². The molecule has 1 aromatic rings. The van der Waals surface area contributed by atoms with Crippen molar-refractivity contribution < 1.29 is 4.79 Å². The molecule has 4 heteroatoms. The normalized spacial score (nSPS) is 10.6. The van der Waals surface area contributed by atoms with E-state index < -0.39 is 0 Å². The van der Waals surface area contributed by atoms with Crippen LogP contribution in [0.1, 0.15) is 77.2 Å². The van der Waals surface area contributed by atoms with Crippen molar-refractivity contribution in [3.63, 3.8) is 0 Å². The van der Waals surface area contributed by atoms with E-state index in [2.05, 4.69) is 24.1 Å². The van der Waals surface area contributed by atoms with Gasteiger partial charge in [-0.05, 0) is 43.4 Å². The SMILES string of the molecule is CCCCCCN(CCCCCC)C(=O)NCCCc1ccncc1. The highest BCUT2D eigenvalue weighted by molar-refractivity contribution is 5.74. The molecule has 1 heterocycles. The van der Waals surface area contributed by atoms with Crippen molar-refractivity contribution in [1.82, 2.24) is 15.2 Å². The predicted octanol–water partition coefficient (Wildman–Crippen LogP) is 5.19. The van der Waals surface area contributed by atoms with Crippen molar-refractivity contribution in [2.24, 2.45) is 0 Å². The minimum absolute atomic E-state index is 0.114. The number of pyridine rings is 1. The number of aryl methyl sites for hydroxylation is 1. The van der Waals surface area contributed by atoms with Gasteiger partial charge in [0.05, 0.1) is 0 Å². The van der Waals surface area contributed by atoms with Crippen LogP contribution in [0.4, 0.5) is 4.79 Å². The van der Waals surface area contributed by atoms with Crippen LogP contribution in [0, 0.1) is 0 Å². The maximum Gasteiger partial charge on any atom is 0.317 e. The zero-order valence-corrected chi connectivity index (χ0v) is 16.3. The first-order valence-electron chi connectivity index (χ1n) is 10.2. The van der Waals surface area contributed by atoms with Crippen LogP contribution < -0.4 is 5.32 Å². The average Bonchev–Trinajstić information content (AvgIpc) is 2.64. The molecule has 1 N–H and O–H groups in total. The maximum atomic E-state index is 12.5. The Morgan fingerprint density at radius 3 is 2.08 bits per heavy atom. The number of hydrogen-bond donors (Lipinski definition) is 1. The van der Waals surface area contributed by atoms with Crippen molar-refractivity contribution >= 4 is 6.03 Å². The molecule has 25 heavy (non-hydrogen) atoms. The van der Waals surface area contributed by atoms with Crippen LogP contribution in [-0.2, 0) is 6.42 Å². The summed E-state index contributed by atoms with van der Waals surface area (Å²) in [5.41, 5.74) is 1.28. The van der Waals surface area contributed by atoms with Crippen LogP contribution in [-0.4, -0.2) is 35.5 Å². The summed E-state index contributed by atoms with van der Waals surface area (Å²) in [6.45, 7) is 6.96. The highest BCUT2D eigenvalue weighted by Crippen LogP contribution is 2.06. The number of amides is 2. The van der Waals surface area contributed by atoms with Gasteiger partial charge in [0.15, 0.2) is 0 Å². The third-order valence-electron chi connectivity index (χ3n) is 4.52. The zero-order valence-electron chi connectivity index (χ0n) is 16.3. The molecule has 0 bridgehead atoms. The van der Waals surface area contributed by atoms with E-state index in [0.717, 1.165) is 45.3 Å². The molecule has 2 amide bonds. The summed E-state index contributed by atoms with van der Waals surface area (Å²) in [5.74, 6) is 0. The molecule has 1 rings (SSSR count). The van der Waals surface area contributed by atoms with Gasteiger partial charge in [0, 0.05) is 32.0 Å². The Kier molecular flexibility index (Phi) is 12.7. The van der Waals surface area contributed by atoms with Gasteiger partial charge < -0.3 is 10.2 Å². The molecule has 0 atom stereocenters. The van der Waals surface area contributed by atoms with Gasteiger partial charge in [0.25, 0.3) is 0 Å². The molecule has 0 radical (unpaired) electrons. The van der Waals surface area contributed by atoms with Gasteiger partial charge in [-0.15, -0.1) is 0 Å². The molecular formula is C21H37N3O. The fraction of sp³-hybridized carbons (Fsp3) is 0.714. The van der Waals surface area contributed by atoms with Crippen LogP contribution >= 0.6 is 0 Å². The van der Waals surface area contributed by atoms with E-state index in [4.69, 9.17) is 0 Å². The van der Waals surface area contributed by atoms with Gasteiger partial charge >= 0.3 is 6.03 Å². The molecule has 0 fully saturated rings. The van der Waals surface area contributed by atoms with Crippen molar-refractivity contribution in [3.05, 3.63) is 30.1 Å². The molecule has 0 saturated carbocycles. The molecular weight excluding hydrogens is 310 g/mol. The van der Waals surface area contributed by atoms with Crippen molar-refractivity contribution in [2.45, 2.75) is 78.1 Å². The van der Waals surface area contributed by atoms with E-state index in [0.29, 0.717) is 0 Å². The first kappa shape index (κ1) is 21.5. The molecule has 0 aromatic carbocycles. The van der Waals surface area contributed by atoms with E-state index in [1.54, 1.807) is 0 Å². The smallest absolute Gasteiger partial charge is 0.317 e. The molecule has 142 valence electrons. The molecule has 0 aliphatic rings. The van der Waals surface area contributed by atoms with Crippen molar-refractivity contribution in [2.75, 3.05) is 19.6 Å². The number of urea groups is 1. The van der Waals surface area contributed by atoms with Crippen LogP contribution in [0.25, 0.3) is 0 Å². The Morgan fingerprint density at radius 2 is 1.52 bits per heavy atom. The third-order valence-corrected chi connectivity index (χ3v) is 4.52. The second-order valence-electron chi connectivity index (χ2n) is 6.80. The second-order valence-corrected chi connectivity index (χ2v) is 6.80. The Bertz CT molecular complexity index is 424. The number of nitrogens with zero attached hydrogens (tertiary/aromatic N) is 2. The lowest BCUT2D eigenvalue weighted by Crippen LogP contribution is -2.41. The van der Waals surface area contributed by atoms with Gasteiger partial charge in [-0.25, -0.2) is 4.79 Å². The van der Waals surface area contributed by atoms with Crippen LogP contribution in [0.3, 0.4) is 0 Å². The molecule has 1 aromatic heterocycles. The number of hydrogen-bond acceptors (Lipinski definition) is 2. The zero-order chi connectivity index (χ0) is 18.2. The van der Waals surface area contributed by atoms with E-state index in [1.807, 2.05) is 29.4 Å². The van der Waals surface area contributed by atoms with Gasteiger partial charge in [0.1, 0.15) is 0 Å². The highest BCUT2D eigenvalue weighted by atomic mass is 16.2. The van der Waals surface area contributed by atoms with Gasteiger partial charge in [-0.3, -0.25) is 4.98 Å². The van der Waals surface area contributed by atoms with E-state index in [9.17, 15) is 4.79 Å². The Morgan fingerprint density at radius 1 is 0.920 bits per heavy atom. The minimum Gasteiger partial charge on any atom is -0.338 e. The summed E-state index contributed by atoms with van der Waals surface area (Å²) in [6.07, 6.45) is 15.3. The van der Waals surface area contributed by atoms with Crippen LogP contribution in [0.5, 0.6) is 0 Å². The Balaban J connectivity index is 2.28. The fourth-order valence-electron chi connectivity index (χ4n) is 2.92. The number of rotatable bonds is 14. The summed E-state index contributed by atoms with van der Waals surface area (Å²) in [6, 6.07) is 4.19. The van der Waals surface area contributed by atoms with Crippen molar-refractivity contribution in [3.8, 4) is 0 Å². The molecule has 0 saturated heterocycles. The number of aromatic nitrogens is 1. The second kappa shape index (κ2) is 14.7. The molecule has 0 aliphatic heterocycles. The lowest BCUT2D eigenvalue weighted by Gasteiger charge is -2.23. The predicted molar refractivity (Wildman–Crippen MR) is 106 cm³/mol. The first-order valence-corrected chi connectivity index (χ1v) is 10.2. The summed E-state index contributed by atoms with van der Waals surface area (Å²) in [5, 5.41) is 3.11. The summed E-state index contributed by atoms with van der Waals surface area (Å²) in [7, 11) is 0. The number of carbonyl (C=O) groups is 1. The van der Waals surface area contributed by atoms with Crippen molar-refractivity contribution in [1.29, 1.82) is 0 Å². The van der Waals surface area contributed by atoms with Gasteiger partial charge in [-0.1, -0.05) is 52.4 Å². The Hall–Kier alpha value is -1.58. The fourth-order valence-corrected chi connectivity index (χ4v) is 2.92. The molecule has 4 nitrogen and oxygen atoms in total. The first-order chi connectivity index (χ1) is 12.3. The number of nitrogens with one attached hydrogen (secondary N) is 1. The van der Waals surface area contributed by atoms with Crippen LogP contribution in [0.2, 0.25) is 0 Å². The van der Waals surface area contributed by atoms with Gasteiger partial charge in [0.2, 0.25) is 0 Å². The molecule has 0 aliphatic carbocycles. The average molecular weight is 348 g/mol. The third kappa shape index (κ3) is 10.8. The lowest BCUT2D eigenvalue weighted by molar-refractivity contribution is 0.195. The lowest BCUT2D eigenvalue weighted by atomic mass is 10.1. The monoisotopic (exact) mass is 347 g/mol. The summed E-state index contributed by atoms with van der Waals surface area (Å²) < 4.78 is 0. The van der Waals surface area contributed by atoms with E-state index in [1.165, 1.54) is 44.1 Å². The largest absolute Gasteiger partial charge is 0.338 e. The molecule has 0 unspecified atom stereocenters. The summed E-state index contributed by atoms with van der Waals surface area (Å²) >= 11 is 0. The maximum absolute atomic E-state index is 12.5. The van der Waals surface area contributed by atoms with Gasteiger partial charge in [-0.2, -0.15) is 0 Å². The number of carbonyl (C=O) groups excluding carboxylic acids is 1. The quantitative estimate of drug-likeness (QED) is 0.471.